The van der Waals surface area contributed by atoms with Gasteiger partial charge in [0, 0.05) is 11.6 Å². The highest BCUT2D eigenvalue weighted by molar-refractivity contribution is 6.33. The fourth-order valence-electron chi connectivity index (χ4n) is 1.50. The van der Waals surface area contributed by atoms with Gasteiger partial charge in [-0.3, -0.25) is 0 Å². The Kier molecular flexibility index (Phi) is 4.71. The fraction of sp³-hybridized carbons (Fsp3) is 0.455. The minimum absolute atomic E-state index is 0.00502. The lowest BCUT2D eigenvalue weighted by molar-refractivity contribution is 0.348. The summed E-state index contributed by atoms with van der Waals surface area (Å²) in [6.45, 7) is 0.739. The largest absolute Gasteiger partial charge is 0.506 e. The Labute approximate surface area is 100 Å². The van der Waals surface area contributed by atoms with Crippen LogP contribution >= 0.6 is 11.6 Å². The molecule has 0 spiro atoms. The number of phenols is 1. The van der Waals surface area contributed by atoms with Crippen molar-refractivity contribution in [3.63, 3.8) is 0 Å². The summed E-state index contributed by atoms with van der Waals surface area (Å²) in [5.41, 5.74) is 0.746. The Bertz CT molecular complexity index is 369. The van der Waals surface area contributed by atoms with E-state index in [1.54, 1.807) is 7.11 Å². The van der Waals surface area contributed by atoms with E-state index in [-0.39, 0.29) is 5.75 Å². The maximum atomic E-state index is 9.64. The lowest BCUT2D eigenvalue weighted by Gasteiger charge is -2.15. The molecule has 5 heteroatoms. The maximum absolute atomic E-state index is 9.64. The molecule has 0 aliphatic rings. The Balaban J connectivity index is 3.23. The number of methoxy groups -OCH3 is 2. The van der Waals surface area contributed by atoms with Crippen LogP contribution in [0.3, 0.4) is 0 Å². The second-order valence-electron chi connectivity index (χ2n) is 3.28. The number of rotatable bonds is 5. The summed E-state index contributed by atoms with van der Waals surface area (Å²) in [6.07, 6.45) is 0.656. The molecule has 16 heavy (non-hydrogen) atoms. The third-order valence-electron chi connectivity index (χ3n) is 2.30. The van der Waals surface area contributed by atoms with Crippen LogP contribution in [0.25, 0.3) is 0 Å². The first kappa shape index (κ1) is 12.9. The van der Waals surface area contributed by atoms with Crippen LogP contribution in [0.15, 0.2) is 6.07 Å². The third-order valence-corrected chi connectivity index (χ3v) is 2.73. The Hall–Kier alpha value is -1.13. The summed E-state index contributed by atoms with van der Waals surface area (Å²) in [7, 11) is 4.92. The molecule has 0 bridgehead atoms. The van der Waals surface area contributed by atoms with E-state index >= 15 is 0 Å². The minimum Gasteiger partial charge on any atom is -0.506 e. The SMILES string of the molecule is CNCCc1c(Cl)c(O)cc(OC)c1OC. The third kappa shape index (κ3) is 2.51. The number of aromatic hydroxyl groups is 1. The lowest BCUT2D eigenvalue weighted by Crippen LogP contribution is -2.11. The van der Waals surface area contributed by atoms with Gasteiger partial charge in [-0.1, -0.05) is 11.6 Å². The van der Waals surface area contributed by atoms with Gasteiger partial charge in [-0.05, 0) is 20.0 Å². The van der Waals surface area contributed by atoms with Crippen LogP contribution in [0.1, 0.15) is 5.56 Å². The highest BCUT2D eigenvalue weighted by atomic mass is 35.5. The number of halogens is 1. The highest BCUT2D eigenvalue weighted by Crippen LogP contribution is 2.41. The molecule has 1 rings (SSSR count). The van der Waals surface area contributed by atoms with E-state index in [0.29, 0.717) is 22.9 Å². The molecule has 0 saturated carbocycles. The molecule has 0 unspecified atom stereocenters. The highest BCUT2D eigenvalue weighted by Gasteiger charge is 2.17. The summed E-state index contributed by atoms with van der Waals surface area (Å²) in [5.74, 6) is 1.06. The average molecular weight is 246 g/mol. The van der Waals surface area contributed by atoms with Gasteiger partial charge in [0.25, 0.3) is 0 Å². The predicted octanol–water partition coefficient (Wildman–Crippen LogP) is 1.82. The standard InChI is InChI=1S/C11H16ClNO3/c1-13-5-4-7-10(12)8(14)6-9(15-2)11(7)16-3/h6,13-14H,4-5H2,1-3H3. The summed E-state index contributed by atoms with van der Waals surface area (Å²) >= 11 is 6.03. The van der Waals surface area contributed by atoms with E-state index in [0.717, 1.165) is 12.1 Å². The molecular weight excluding hydrogens is 230 g/mol. The minimum atomic E-state index is 0.00502. The molecule has 0 heterocycles. The van der Waals surface area contributed by atoms with Crippen LogP contribution < -0.4 is 14.8 Å². The van der Waals surface area contributed by atoms with Crippen molar-refractivity contribution in [1.29, 1.82) is 0 Å². The van der Waals surface area contributed by atoms with Crippen molar-refractivity contribution in [2.75, 3.05) is 27.8 Å². The molecule has 1 aromatic carbocycles. The van der Waals surface area contributed by atoms with Gasteiger partial charge in [0.2, 0.25) is 0 Å². The zero-order valence-electron chi connectivity index (χ0n) is 9.63. The van der Waals surface area contributed by atoms with Crippen LogP contribution in [0.4, 0.5) is 0 Å². The van der Waals surface area contributed by atoms with E-state index in [1.165, 1.54) is 13.2 Å². The van der Waals surface area contributed by atoms with Crippen LogP contribution in [0.5, 0.6) is 17.2 Å². The molecule has 0 radical (unpaired) electrons. The molecule has 0 aliphatic carbocycles. The molecule has 0 aromatic heterocycles. The van der Waals surface area contributed by atoms with Crippen molar-refractivity contribution in [1.82, 2.24) is 5.32 Å². The van der Waals surface area contributed by atoms with E-state index in [4.69, 9.17) is 21.1 Å². The van der Waals surface area contributed by atoms with Crippen molar-refractivity contribution >= 4 is 11.6 Å². The van der Waals surface area contributed by atoms with Crippen molar-refractivity contribution in [2.24, 2.45) is 0 Å². The zero-order chi connectivity index (χ0) is 12.1. The summed E-state index contributed by atoms with van der Waals surface area (Å²) in [6, 6.07) is 1.45. The number of likely N-dealkylation sites (N-methyl/N-ethyl adjacent to an activating group) is 1. The topological polar surface area (TPSA) is 50.7 Å². The van der Waals surface area contributed by atoms with Crippen molar-refractivity contribution in [2.45, 2.75) is 6.42 Å². The van der Waals surface area contributed by atoms with Crippen molar-refractivity contribution < 1.29 is 14.6 Å². The molecule has 2 N–H and O–H groups in total. The number of hydrogen-bond acceptors (Lipinski definition) is 4. The Morgan fingerprint density at radius 3 is 2.56 bits per heavy atom. The molecule has 90 valence electrons. The van der Waals surface area contributed by atoms with E-state index in [1.807, 2.05) is 7.05 Å². The van der Waals surface area contributed by atoms with Crippen molar-refractivity contribution in [3.8, 4) is 17.2 Å². The van der Waals surface area contributed by atoms with Gasteiger partial charge in [0.1, 0.15) is 5.75 Å². The second-order valence-corrected chi connectivity index (χ2v) is 3.66. The van der Waals surface area contributed by atoms with Crippen LogP contribution in [0.2, 0.25) is 5.02 Å². The van der Waals surface area contributed by atoms with E-state index < -0.39 is 0 Å². The molecule has 1 aromatic rings. The molecule has 0 aliphatic heterocycles. The maximum Gasteiger partial charge on any atom is 0.165 e. The zero-order valence-corrected chi connectivity index (χ0v) is 10.4. The Morgan fingerprint density at radius 2 is 2.06 bits per heavy atom. The Morgan fingerprint density at radius 1 is 1.38 bits per heavy atom. The number of nitrogens with one attached hydrogen (secondary N) is 1. The first-order valence-corrected chi connectivity index (χ1v) is 5.30. The quantitative estimate of drug-likeness (QED) is 0.831. The second kappa shape index (κ2) is 5.82. The fourth-order valence-corrected chi connectivity index (χ4v) is 1.74. The lowest BCUT2D eigenvalue weighted by atomic mass is 10.1. The monoisotopic (exact) mass is 245 g/mol. The molecule has 4 nitrogen and oxygen atoms in total. The number of phenolic OH excluding ortho intramolecular Hbond substituents is 1. The number of hydrogen-bond donors (Lipinski definition) is 2. The normalized spacial score (nSPS) is 10.2. The molecule has 0 atom stereocenters. The molecular formula is C11H16ClNO3. The van der Waals surface area contributed by atoms with Gasteiger partial charge in [0.05, 0.1) is 19.2 Å². The van der Waals surface area contributed by atoms with Gasteiger partial charge in [0.15, 0.2) is 11.5 Å². The van der Waals surface area contributed by atoms with Crippen LogP contribution in [-0.2, 0) is 6.42 Å². The molecule has 0 fully saturated rings. The summed E-state index contributed by atoms with van der Waals surface area (Å²) in [4.78, 5) is 0. The van der Waals surface area contributed by atoms with Crippen LogP contribution in [0, 0.1) is 0 Å². The molecule has 0 saturated heterocycles. The van der Waals surface area contributed by atoms with Gasteiger partial charge < -0.3 is 19.9 Å². The summed E-state index contributed by atoms with van der Waals surface area (Å²) < 4.78 is 10.4. The van der Waals surface area contributed by atoms with Gasteiger partial charge in [-0.25, -0.2) is 0 Å². The van der Waals surface area contributed by atoms with Crippen molar-refractivity contribution in [3.05, 3.63) is 16.7 Å². The first-order chi connectivity index (χ1) is 7.65. The van der Waals surface area contributed by atoms with Gasteiger partial charge >= 0.3 is 0 Å². The average Bonchev–Trinajstić information content (AvgIpc) is 2.30. The predicted molar refractivity (Wildman–Crippen MR) is 63.9 cm³/mol. The van der Waals surface area contributed by atoms with Crippen LogP contribution in [-0.4, -0.2) is 32.9 Å². The first-order valence-electron chi connectivity index (χ1n) is 4.92. The summed E-state index contributed by atoms with van der Waals surface area (Å²) in [5, 5.41) is 13.0. The number of ether oxygens (including phenoxy) is 2. The van der Waals surface area contributed by atoms with Gasteiger partial charge in [-0.15, -0.1) is 0 Å². The van der Waals surface area contributed by atoms with E-state index in [9.17, 15) is 5.11 Å². The van der Waals surface area contributed by atoms with Gasteiger partial charge in [-0.2, -0.15) is 0 Å². The smallest absolute Gasteiger partial charge is 0.165 e. The molecule has 0 amide bonds. The number of benzene rings is 1. The van der Waals surface area contributed by atoms with E-state index in [2.05, 4.69) is 5.32 Å².